The van der Waals surface area contributed by atoms with E-state index in [1.165, 1.54) is 0 Å². The van der Waals surface area contributed by atoms with Gasteiger partial charge in [-0.25, -0.2) is 0 Å². The molecule has 0 saturated heterocycles. The molecule has 0 aromatic carbocycles. The summed E-state index contributed by atoms with van der Waals surface area (Å²) in [6, 6.07) is 0. The normalized spacial score (nSPS) is 17.9. The Labute approximate surface area is 127 Å². The maximum Gasteiger partial charge on any atom is 0.325 e. The molecular formula is C15H30N2O4. The Morgan fingerprint density at radius 3 is 2.24 bits per heavy atom. The van der Waals surface area contributed by atoms with Crippen LogP contribution in [0.25, 0.3) is 0 Å². The van der Waals surface area contributed by atoms with Crippen LogP contribution in [0.5, 0.6) is 0 Å². The average Bonchev–Trinajstić information content (AvgIpc) is 3.30. The number of hydrogen-bond donors (Lipinski definition) is 2. The third-order valence-corrected chi connectivity index (χ3v) is 4.04. The zero-order valence-corrected chi connectivity index (χ0v) is 13.6. The summed E-state index contributed by atoms with van der Waals surface area (Å²) in [4.78, 5) is 14.1. The third kappa shape index (κ3) is 5.54. The molecule has 1 unspecified atom stereocenters. The largest absolute Gasteiger partial charge is 0.480 e. The molecule has 1 atom stereocenters. The van der Waals surface area contributed by atoms with Gasteiger partial charge >= 0.3 is 5.97 Å². The Morgan fingerprint density at radius 2 is 1.86 bits per heavy atom. The van der Waals surface area contributed by atoms with Crippen LogP contribution in [0.1, 0.15) is 26.2 Å². The second-order valence-corrected chi connectivity index (χ2v) is 5.74. The van der Waals surface area contributed by atoms with Gasteiger partial charge in [-0.3, -0.25) is 9.69 Å². The maximum atomic E-state index is 11.9. The number of nitrogens with one attached hydrogen (secondary N) is 1. The monoisotopic (exact) mass is 302 g/mol. The molecule has 1 rings (SSSR count). The number of aliphatic carboxylic acids is 1. The molecule has 0 spiro atoms. The van der Waals surface area contributed by atoms with Gasteiger partial charge in [0.2, 0.25) is 0 Å². The van der Waals surface area contributed by atoms with Crippen LogP contribution < -0.4 is 5.32 Å². The molecule has 1 aliphatic rings. The molecule has 0 aliphatic heterocycles. The van der Waals surface area contributed by atoms with Crippen molar-refractivity contribution >= 4 is 5.97 Å². The minimum Gasteiger partial charge on any atom is -0.480 e. The first-order valence-corrected chi connectivity index (χ1v) is 7.79. The van der Waals surface area contributed by atoms with E-state index in [-0.39, 0.29) is 5.92 Å². The minimum absolute atomic E-state index is 0.231. The third-order valence-electron chi connectivity index (χ3n) is 4.04. The van der Waals surface area contributed by atoms with Gasteiger partial charge in [-0.05, 0) is 31.7 Å². The topological polar surface area (TPSA) is 71.0 Å². The molecular weight excluding hydrogens is 272 g/mol. The minimum atomic E-state index is -0.836. The van der Waals surface area contributed by atoms with E-state index in [1.807, 2.05) is 0 Å². The van der Waals surface area contributed by atoms with Gasteiger partial charge in [-0.1, -0.05) is 6.92 Å². The van der Waals surface area contributed by atoms with Gasteiger partial charge in [0.25, 0.3) is 0 Å². The van der Waals surface area contributed by atoms with Crippen molar-refractivity contribution in [2.45, 2.75) is 31.7 Å². The van der Waals surface area contributed by atoms with Gasteiger partial charge in [0.1, 0.15) is 5.54 Å². The summed E-state index contributed by atoms with van der Waals surface area (Å²) in [6.45, 7) is 5.91. The molecule has 0 aromatic heterocycles. The molecule has 1 aliphatic carbocycles. The van der Waals surface area contributed by atoms with Crippen molar-refractivity contribution in [2.24, 2.45) is 5.92 Å². The van der Waals surface area contributed by atoms with Crippen LogP contribution in [0.4, 0.5) is 0 Å². The summed E-state index contributed by atoms with van der Waals surface area (Å²) in [5.74, 6) is -0.507. The number of rotatable bonds is 13. The predicted molar refractivity (Wildman–Crippen MR) is 81.6 cm³/mol. The van der Waals surface area contributed by atoms with E-state index in [9.17, 15) is 9.90 Å². The van der Waals surface area contributed by atoms with E-state index in [4.69, 9.17) is 9.47 Å². The van der Waals surface area contributed by atoms with E-state index >= 15 is 0 Å². The van der Waals surface area contributed by atoms with E-state index < -0.39 is 11.5 Å². The first-order chi connectivity index (χ1) is 10.1. The highest BCUT2D eigenvalue weighted by Crippen LogP contribution is 2.40. The SMILES string of the molecule is CCCNC(CN(CCOC)CCOC)(C(=O)O)C1CC1. The molecule has 6 nitrogen and oxygen atoms in total. The van der Waals surface area contributed by atoms with Crippen molar-refractivity contribution in [2.75, 3.05) is 53.6 Å². The predicted octanol–water partition coefficient (Wildman–Crippen LogP) is 0.814. The quantitative estimate of drug-likeness (QED) is 0.525. The molecule has 0 bridgehead atoms. The highest BCUT2D eigenvalue weighted by molar-refractivity contribution is 5.80. The Balaban J connectivity index is 2.76. The van der Waals surface area contributed by atoms with E-state index in [0.29, 0.717) is 19.8 Å². The summed E-state index contributed by atoms with van der Waals surface area (Å²) in [6.07, 6.45) is 2.91. The van der Waals surface area contributed by atoms with Crippen molar-refractivity contribution in [3.63, 3.8) is 0 Å². The fourth-order valence-electron chi connectivity index (χ4n) is 2.63. The lowest BCUT2D eigenvalue weighted by Gasteiger charge is -2.36. The van der Waals surface area contributed by atoms with E-state index in [1.54, 1.807) is 14.2 Å². The number of hydrogen-bond acceptors (Lipinski definition) is 5. The van der Waals surface area contributed by atoms with Crippen LogP contribution in [0.3, 0.4) is 0 Å². The Hall–Kier alpha value is -0.690. The van der Waals surface area contributed by atoms with Crippen LogP contribution in [0.15, 0.2) is 0 Å². The number of ether oxygens (including phenoxy) is 2. The van der Waals surface area contributed by atoms with Gasteiger partial charge < -0.3 is 19.9 Å². The Kier molecular flexibility index (Phi) is 8.18. The molecule has 1 fully saturated rings. The zero-order valence-electron chi connectivity index (χ0n) is 13.6. The second kappa shape index (κ2) is 9.35. The van der Waals surface area contributed by atoms with E-state index in [0.717, 1.165) is 38.9 Å². The number of carboxylic acids is 1. The summed E-state index contributed by atoms with van der Waals surface area (Å²) in [7, 11) is 3.32. The number of nitrogens with zero attached hydrogens (tertiary/aromatic N) is 1. The highest BCUT2D eigenvalue weighted by atomic mass is 16.5. The van der Waals surface area contributed by atoms with E-state index in [2.05, 4.69) is 17.1 Å². The van der Waals surface area contributed by atoms with Crippen LogP contribution in [0.2, 0.25) is 0 Å². The average molecular weight is 302 g/mol. The summed E-state index contributed by atoms with van der Waals surface area (Å²) >= 11 is 0. The lowest BCUT2D eigenvalue weighted by molar-refractivity contribution is -0.147. The first-order valence-electron chi connectivity index (χ1n) is 7.79. The van der Waals surface area contributed by atoms with Crippen LogP contribution in [-0.4, -0.2) is 75.1 Å². The van der Waals surface area contributed by atoms with Crippen molar-refractivity contribution in [1.82, 2.24) is 10.2 Å². The summed E-state index contributed by atoms with van der Waals surface area (Å²) in [5, 5.41) is 13.1. The number of carbonyl (C=O) groups is 1. The van der Waals surface area contributed by atoms with Gasteiger partial charge in [0.05, 0.1) is 13.2 Å². The molecule has 0 aromatic rings. The molecule has 6 heteroatoms. The van der Waals surface area contributed by atoms with Crippen molar-refractivity contribution < 1.29 is 19.4 Å². The molecule has 0 heterocycles. The van der Waals surface area contributed by atoms with Gasteiger partial charge in [-0.2, -0.15) is 0 Å². The fraction of sp³-hybridized carbons (Fsp3) is 0.933. The van der Waals surface area contributed by atoms with Crippen LogP contribution >= 0.6 is 0 Å². The zero-order chi connectivity index (χ0) is 15.7. The number of carboxylic acid groups (broad SMARTS) is 1. The molecule has 2 N–H and O–H groups in total. The molecule has 1 saturated carbocycles. The number of methoxy groups -OCH3 is 2. The van der Waals surface area contributed by atoms with Crippen LogP contribution in [0, 0.1) is 5.92 Å². The van der Waals surface area contributed by atoms with Crippen molar-refractivity contribution in [3.8, 4) is 0 Å². The van der Waals surface area contributed by atoms with Crippen LogP contribution in [-0.2, 0) is 14.3 Å². The molecule has 21 heavy (non-hydrogen) atoms. The maximum absolute atomic E-state index is 11.9. The van der Waals surface area contributed by atoms with Gasteiger partial charge in [0, 0.05) is 33.9 Å². The highest BCUT2D eigenvalue weighted by Gasteiger charge is 2.51. The lowest BCUT2D eigenvalue weighted by atomic mass is 9.92. The van der Waals surface area contributed by atoms with Crippen molar-refractivity contribution in [3.05, 3.63) is 0 Å². The molecule has 0 radical (unpaired) electrons. The molecule has 124 valence electrons. The second-order valence-electron chi connectivity index (χ2n) is 5.74. The summed E-state index contributed by atoms with van der Waals surface area (Å²) in [5.41, 5.74) is -0.836. The van der Waals surface area contributed by atoms with Crippen molar-refractivity contribution in [1.29, 1.82) is 0 Å². The Bertz CT molecular complexity index is 302. The van der Waals surface area contributed by atoms with Gasteiger partial charge in [0.15, 0.2) is 0 Å². The lowest BCUT2D eigenvalue weighted by Crippen LogP contribution is -2.61. The smallest absolute Gasteiger partial charge is 0.325 e. The molecule has 0 amide bonds. The Morgan fingerprint density at radius 1 is 1.29 bits per heavy atom. The first kappa shape index (κ1) is 18.4. The standard InChI is InChI=1S/C15H30N2O4/c1-4-7-16-15(14(18)19,13-5-6-13)12-17(8-10-20-2)9-11-21-3/h13,16H,4-12H2,1-3H3,(H,18,19). The summed E-state index contributed by atoms with van der Waals surface area (Å²) < 4.78 is 10.3. The van der Waals surface area contributed by atoms with Gasteiger partial charge in [-0.15, -0.1) is 0 Å². The fourth-order valence-corrected chi connectivity index (χ4v) is 2.63.